The van der Waals surface area contributed by atoms with Crippen LogP contribution in [0.25, 0.3) is 11.0 Å². The maximum absolute atomic E-state index is 13.7. The number of halogens is 3. The molecule has 1 aromatic heterocycles. The number of alkyl halides is 3. The van der Waals surface area contributed by atoms with Gasteiger partial charge in [0.25, 0.3) is 5.76 Å². The average Bonchev–Trinajstić information content (AvgIpc) is 2.88. The number of ether oxygens (including phenoxy) is 2. The van der Waals surface area contributed by atoms with Crippen LogP contribution in [-0.2, 0) is 21.0 Å². The van der Waals surface area contributed by atoms with Crippen LogP contribution in [0.4, 0.5) is 13.2 Å². The summed E-state index contributed by atoms with van der Waals surface area (Å²) >= 11 is 0. The molecule has 39 heavy (non-hydrogen) atoms. The Morgan fingerprint density at radius 2 is 1.67 bits per heavy atom. The van der Waals surface area contributed by atoms with Crippen LogP contribution in [0.1, 0.15) is 24.2 Å². The molecule has 1 heterocycles. The number of carbonyl (C=O) groups is 1. The smallest absolute Gasteiger partial charge is 0.449 e. The number of fused-ring (bicyclic) bond motifs is 1. The average molecular weight is 562 g/mol. The summed E-state index contributed by atoms with van der Waals surface area (Å²) in [6, 6.07) is 17.1. The topological polar surface area (TPSA) is 112 Å². The van der Waals surface area contributed by atoms with E-state index in [1.54, 1.807) is 18.2 Å². The molecule has 4 aromatic rings. The Morgan fingerprint density at radius 3 is 2.33 bits per heavy atom. The van der Waals surface area contributed by atoms with Crippen molar-refractivity contribution >= 4 is 27.0 Å². The summed E-state index contributed by atoms with van der Waals surface area (Å²) in [5.74, 6) is -3.54. The Kier molecular flexibility index (Phi) is 8.07. The van der Waals surface area contributed by atoms with Gasteiger partial charge in [-0.05, 0) is 49.7 Å². The molecule has 0 bridgehead atoms. The molecule has 0 aliphatic heterocycles. The summed E-state index contributed by atoms with van der Waals surface area (Å²) in [7, 11) is -3.75. The van der Waals surface area contributed by atoms with Crippen LogP contribution in [0, 0.1) is 6.92 Å². The van der Waals surface area contributed by atoms with Gasteiger partial charge in [-0.25, -0.2) is 13.1 Å². The van der Waals surface area contributed by atoms with Crippen molar-refractivity contribution in [2.45, 2.75) is 30.8 Å². The molecule has 0 unspecified atom stereocenters. The molecule has 12 heteroatoms. The van der Waals surface area contributed by atoms with E-state index in [0.29, 0.717) is 0 Å². The lowest BCUT2D eigenvalue weighted by Gasteiger charge is -2.13. The van der Waals surface area contributed by atoms with Crippen LogP contribution in [0.15, 0.2) is 86.9 Å². The molecule has 8 nitrogen and oxygen atoms in total. The third-order valence-electron chi connectivity index (χ3n) is 5.46. The maximum atomic E-state index is 13.7. The molecular weight excluding hydrogens is 539 g/mol. The molecule has 0 aliphatic carbocycles. The Hall–Kier alpha value is -4.16. The van der Waals surface area contributed by atoms with Crippen LogP contribution < -0.4 is 19.6 Å². The first-order valence-electron chi connectivity index (χ1n) is 11.6. The second kappa shape index (κ2) is 11.3. The summed E-state index contributed by atoms with van der Waals surface area (Å²) in [6.07, 6.45) is -5.13. The highest BCUT2D eigenvalue weighted by Gasteiger charge is 2.40. The summed E-state index contributed by atoms with van der Waals surface area (Å²) < 4.78 is 83.5. The zero-order valence-corrected chi connectivity index (χ0v) is 21.3. The molecule has 204 valence electrons. The summed E-state index contributed by atoms with van der Waals surface area (Å²) in [6.45, 7) is 1.78. The molecule has 0 aliphatic rings. The van der Waals surface area contributed by atoms with Gasteiger partial charge in [0.1, 0.15) is 17.1 Å². The number of rotatable bonds is 9. The molecular formula is C27H22F3NO7S. The van der Waals surface area contributed by atoms with Crippen molar-refractivity contribution in [2.24, 2.45) is 0 Å². The third-order valence-corrected chi connectivity index (χ3v) is 6.93. The molecule has 4 rings (SSSR count). The second-order valence-corrected chi connectivity index (χ2v) is 10.2. The summed E-state index contributed by atoms with van der Waals surface area (Å²) in [5, 5.41) is -0.209. The van der Waals surface area contributed by atoms with Gasteiger partial charge in [0.2, 0.25) is 21.2 Å². The number of nitrogens with one attached hydrogen (secondary N) is 1. The predicted octanol–water partition coefficient (Wildman–Crippen LogP) is 5.58. The van der Waals surface area contributed by atoms with E-state index in [2.05, 4.69) is 4.72 Å². The fourth-order valence-electron chi connectivity index (χ4n) is 3.53. The number of benzene rings is 3. The minimum absolute atomic E-state index is 0.0151. The van der Waals surface area contributed by atoms with E-state index in [9.17, 15) is 31.2 Å². The highest BCUT2D eigenvalue weighted by Crippen LogP contribution is 2.38. The van der Waals surface area contributed by atoms with Crippen molar-refractivity contribution in [2.75, 3.05) is 6.54 Å². The molecule has 0 radical (unpaired) electrons. The van der Waals surface area contributed by atoms with Crippen molar-refractivity contribution in [1.29, 1.82) is 0 Å². The Bertz CT molecular complexity index is 1650. The fourth-order valence-corrected chi connectivity index (χ4v) is 4.60. The highest BCUT2D eigenvalue weighted by atomic mass is 32.2. The number of esters is 1. The Labute approximate surface area is 221 Å². The number of sulfonamides is 1. The van der Waals surface area contributed by atoms with E-state index in [1.807, 2.05) is 6.92 Å². The minimum Gasteiger partial charge on any atom is -0.449 e. The second-order valence-electron chi connectivity index (χ2n) is 8.45. The van der Waals surface area contributed by atoms with Gasteiger partial charge in [0.15, 0.2) is 0 Å². The van der Waals surface area contributed by atoms with Crippen molar-refractivity contribution in [3.05, 3.63) is 94.3 Å². The van der Waals surface area contributed by atoms with Gasteiger partial charge in [-0.1, -0.05) is 35.9 Å². The molecule has 0 amide bonds. The van der Waals surface area contributed by atoms with Gasteiger partial charge in [-0.2, -0.15) is 13.2 Å². The normalized spacial score (nSPS) is 11.9. The van der Waals surface area contributed by atoms with Gasteiger partial charge in [0, 0.05) is 19.0 Å². The largest absolute Gasteiger partial charge is 0.453 e. The van der Waals surface area contributed by atoms with Gasteiger partial charge in [-0.15, -0.1) is 0 Å². The van der Waals surface area contributed by atoms with Crippen LogP contribution in [0.2, 0.25) is 0 Å². The highest BCUT2D eigenvalue weighted by molar-refractivity contribution is 7.89. The van der Waals surface area contributed by atoms with Crippen molar-refractivity contribution < 1.29 is 40.3 Å². The molecule has 3 aromatic carbocycles. The SMILES string of the molecule is Cc1ccc(S(=O)(=O)NCCCC(=O)Oc2ccc3c(=O)c(Oc4ccccc4)c(C(F)(F)F)oc3c2)cc1. The zero-order valence-electron chi connectivity index (χ0n) is 20.4. The molecule has 0 spiro atoms. The summed E-state index contributed by atoms with van der Waals surface area (Å²) in [4.78, 5) is 25.2. The number of hydrogen-bond donors (Lipinski definition) is 1. The van der Waals surface area contributed by atoms with E-state index in [1.165, 1.54) is 42.5 Å². The maximum Gasteiger partial charge on any atom is 0.453 e. The standard InChI is InChI=1S/C27H22F3NO7S/c1-17-9-12-20(13-10-17)39(34,35)31-15-5-8-23(32)36-19-11-14-21-22(16-19)38-26(27(28,29)30)25(24(21)33)37-18-6-3-2-4-7-18/h2-4,6-7,9-14,16,31H,5,8,15H2,1H3. The van der Waals surface area contributed by atoms with Crippen LogP contribution >= 0.6 is 0 Å². The first-order valence-corrected chi connectivity index (χ1v) is 13.1. The third kappa shape index (κ3) is 6.84. The van der Waals surface area contributed by atoms with Crippen molar-refractivity contribution in [3.63, 3.8) is 0 Å². The first-order chi connectivity index (χ1) is 18.4. The molecule has 0 fully saturated rings. The van der Waals surface area contributed by atoms with E-state index >= 15 is 0 Å². The van der Waals surface area contributed by atoms with Crippen LogP contribution in [0.5, 0.6) is 17.2 Å². The fraction of sp³-hybridized carbons (Fsp3) is 0.185. The van der Waals surface area contributed by atoms with E-state index < -0.39 is 44.7 Å². The van der Waals surface area contributed by atoms with E-state index in [-0.39, 0.29) is 41.2 Å². The predicted molar refractivity (Wildman–Crippen MR) is 135 cm³/mol. The van der Waals surface area contributed by atoms with Crippen molar-refractivity contribution in [1.82, 2.24) is 4.72 Å². The lowest BCUT2D eigenvalue weighted by atomic mass is 10.2. The minimum atomic E-state index is -5.05. The van der Waals surface area contributed by atoms with Gasteiger partial charge >= 0.3 is 12.1 Å². The van der Waals surface area contributed by atoms with Gasteiger partial charge in [-0.3, -0.25) is 9.59 Å². The zero-order chi connectivity index (χ0) is 28.2. The number of carbonyl (C=O) groups excluding carboxylic acids is 1. The summed E-state index contributed by atoms with van der Waals surface area (Å²) in [5.41, 5.74) is -0.602. The van der Waals surface area contributed by atoms with Crippen molar-refractivity contribution in [3.8, 4) is 17.2 Å². The van der Waals surface area contributed by atoms with Gasteiger partial charge in [0.05, 0.1) is 10.3 Å². The first kappa shape index (κ1) is 27.9. The number of aryl methyl sites for hydroxylation is 1. The van der Waals surface area contributed by atoms with Crippen LogP contribution in [-0.4, -0.2) is 20.9 Å². The lowest BCUT2D eigenvalue weighted by molar-refractivity contribution is -0.154. The number of para-hydroxylation sites is 1. The molecule has 0 saturated carbocycles. The Morgan fingerprint density at radius 1 is 0.974 bits per heavy atom. The Balaban J connectivity index is 1.45. The monoisotopic (exact) mass is 561 g/mol. The van der Waals surface area contributed by atoms with E-state index in [4.69, 9.17) is 13.9 Å². The van der Waals surface area contributed by atoms with Gasteiger partial charge < -0.3 is 13.9 Å². The van der Waals surface area contributed by atoms with E-state index in [0.717, 1.165) is 17.7 Å². The molecule has 1 N–H and O–H groups in total. The quantitative estimate of drug-likeness (QED) is 0.161. The number of hydrogen-bond acceptors (Lipinski definition) is 7. The lowest BCUT2D eigenvalue weighted by Crippen LogP contribution is -2.25. The molecule has 0 atom stereocenters. The molecule has 0 saturated heterocycles. The van der Waals surface area contributed by atoms with Crippen LogP contribution in [0.3, 0.4) is 0 Å².